The fourth-order valence-electron chi connectivity index (χ4n) is 2.59. The summed E-state index contributed by atoms with van der Waals surface area (Å²) in [7, 11) is 0. The minimum Gasteiger partial charge on any atom is -0.460 e. The summed E-state index contributed by atoms with van der Waals surface area (Å²) in [4.78, 5) is 36.2. The van der Waals surface area contributed by atoms with Crippen molar-refractivity contribution in [1.29, 1.82) is 0 Å². The number of rotatable bonds is 4. The van der Waals surface area contributed by atoms with Crippen LogP contribution in [-0.4, -0.2) is 17.9 Å². The summed E-state index contributed by atoms with van der Waals surface area (Å²) in [5.74, 6) is -0.541. The standard InChI is InChI=1S/C19H18O5/c1-11-9-17(21)15-8-3-5-13(18(15)23-11)10-16(12(2)20)19(22)24-14-6-4-7-14/h3,5,8-10,14H,4,6-7H2,1-2H3/b16-10-. The number of ether oxygens (including phenoxy) is 1. The van der Waals surface area contributed by atoms with Crippen LogP contribution in [0.3, 0.4) is 0 Å². The van der Waals surface area contributed by atoms with Crippen LogP contribution < -0.4 is 5.43 Å². The minimum absolute atomic E-state index is 0.0430. The van der Waals surface area contributed by atoms with Crippen LogP contribution in [0, 0.1) is 6.92 Å². The van der Waals surface area contributed by atoms with Crippen molar-refractivity contribution in [3.63, 3.8) is 0 Å². The topological polar surface area (TPSA) is 73.6 Å². The van der Waals surface area contributed by atoms with E-state index in [0.717, 1.165) is 19.3 Å². The Balaban J connectivity index is 2.06. The van der Waals surface area contributed by atoms with Gasteiger partial charge in [0.2, 0.25) is 0 Å². The van der Waals surface area contributed by atoms with Crippen LogP contribution in [0.2, 0.25) is 0 Å². The third-order valence-corrected chi connectivity index (χ3v) is 4.13. The molecule has 5 heteroatoms. The summed E-state index contributed by atoms with van der Waals surface area (Å²) in [5.41, 5.74) is 0.658. The van der Waals surface area contributed by atoms with Crippen LogP contribution in [-0.2, 0) is 14.3 Å². The monoisotopic (exact) mass is 326 g/mol. The number of hydrogen-bond acceptors (Lipinski definition) is 5. The smallest absolute Gasteiger partial charge is 0.342 e. The van der Waals surface area contributed by atoms with Gasteiger partial charge in [0, 0.05) is 11.6 Å². The number of fused-ring (bicyclic) bond motifs is 1. The molecule has 1 aliphatic carbocycles. The molecule has 1 heterocycles. The number of carbonyl (C=O) groups is 2. The molecule has 5 nitrogen and oxygen atoms in total. The summed E-state index contributed by atoms with van der Waals surface area (Å²) in [6, 6.07) is 6.45. The molecule has 1 fully saturated rings. The van der Waals surface area contributed by atoms with Gasteiger partial charge in [-0.1, -0.05) is 12.1 Å². The number of hydrogen-bond donors (Lipinski definition) is 0. The zero-order valence-corrected chi connectivity index (χ0v) is 13.6. The molecule has 0 unspecified atom stereocenters. The van der Waals surface area contributed by atoms with Crippen molar-refractivity contribution in [2.45, 2.75) is 39.2 Å². The molecular formula is C19H18O5. The highest BCUT2D eigenvalue weighted by Crippen LogP contribution is 2.25. The largest absolute Gasteiger partial charge is 0.460 e. The third-order valence-electron chi connectivity index (χ3n) is 4.13. The molecule has 1 aromatic carbocycles. The van der Waals surface area contributed by atoms with E-state index in [9.17, 15) is 14.4 Å². The lowest BCUT2D eigenvalue weighted by Crippen LogP contribution is -2.27. The van der Waals surface area contributed by atoms with Gasteiger partial charge in [0.1, 0.15) is 23.0 Å². The number of para-hydroxylation sites is 1. The van der Waals surface area contributed by atoms with Crippen LogP contribution >= 0.6 is 0 Å². The van der Waals surface area contributed by atoms with Crippen molar-refractivity contribution in [2.75, 3.05) is 0 Å². The van der Waals surface area contributed by atoms with Crippen molar-refractivity contribution in [2.24, 2.45) is 0 Å². The lowest BCUT2D eigenvalue weighted by Gasteiger charge is -2.25. The number of aryl methyl sites for hydroxylation is 1. The maximum atomic E-state index is 12.3. The fourth-order valence-corrected chi connectivity index (χ4v) is 2.59. The first kappa shape index (κ1) is 16.2. The van der Waals surface area contributed by atoms with Crippen LogP contribution in [0.25, 0.3) is 17.0 Å². The van der Waals surface area contributed by atoms with Gasteiger partial charge >= 0.3 is 5.97 Å². The summed E-state index contributed by atoms with van der Waals surface area (Å²) < 4.78 is 11.0. The molecule has 0 radical (unpaired) electrons. The van der Waals surface area contributed by atoms with Gasteiger partial charge < -0.3 is 9.15 Å². The quantitative estimate of drug-likeness (QED) is 0.373. The molecule has 0 atom stereocenters. The second kappa shape index (κ2) is 6.43. The van der Waals surface area contributed by atoms with E-state index in [2.05, 4.69) is 0 Å². The lowest BCUT2D eigenvalue weighted by atomic mass is 9.96. The molecular weight excluding hydrogens is 308 g/mol. The number of ketones is 1. The Bertz CT molecular complexity index is 900. The second-order valence-corrected chi connectivity index (χ2v) is 6.02. The van der Waals surface area contributed by atoms with Gasteiger partial charge in [0.05, 0.1) is 5.39 Å². The first-order chi connectivity index (χ1) is 11.5. The Kier molecular flexibility index (Phi) is 4.34. The summed E-state index contributed by atoms with van der Waals surface area (Å²) in [6.07, 6.45) is 4.03. The third kappa shape index (κ3) is 3.15. The molecule has 0 N–H and O–H groups in total. The maximum absolute atomic E-state index is 12.3. The Morgan fingerprint density at radius 1 is 1.29 bits per heavy atom. The molecule has 1 aliphatic rings. The Morgan fingerprint density at radius 2 is 2.04 bits per heavy atom. The predicted octanol–water partition coefficient (Wildman–Crippen LogP) is 3.17. The van der Waals surface area contributed by atoms with E-state index in [1.165, 1.54) is 19.1 Å². The van der Waals surface area contributed by atoms with Gasteiger partial charge in [-0.05, 0) is 45.3 Å². The van der Waals surface area contributed by atoms with Crippen molar-refractivity contribution >= 4 is 28.8 Å². The average molecular weight is 326 g/mol. The molecule has 0 amide bonds. The summed E-state index contributed by atoms with van der Waals surface area (Å²) >= 11 is 0. The molecule has 0 bridgehead atoms. The van der Waals surface area contributed by atoms with Crippen molar-refractivity contribution < 1.29 is 18.7 Å². The normalized spacial score (nSPS) is 15.2. The van der Waals surface area contributed by atoms with Gasteiger partial charge in [-0.2, -0.15) is 0 Å². The Morgan fingerprint density at radius 3 is 2.67 bits per heavy atom. The van der Waals surface area contributed by atoms with Crippen LogP contribution in [0.15, 0.2) is 39.1 Å². The number of benzene rings is 1. The fraction of sp³-hybridized carbons (Fsp3) is 0.316. The van der Waals surface area contributed by atoms with Crippen LogP contribution in [0.5, 0.6) is 0 Å². The molecule has 1 saturated carbocycles. The van der Waals surface area contributed by atoms with Crippen molar-refractivity contribution in [3.05, 3.63) is 51.4 Å². The lowest BCUT2D eigenvalue weighted by molar-refractivity contribution is -0.148. The van der Waals surface area contributed by atoms with E-state index in [-0.39, 0.29) is 22.9 Å². The van der Waals surface area contributed by atoms with Gasteiger partial charge in [0.15, 0.2) is 11.2 Å². The molecule has 0 aliphatic heterocycles. The van der Waals surface area contributed by atoms with Crippen molar-refractivity contribution in [1.82, 2.24) is 0 Å². The minimum atomic E-state index is -0.626. The van der Waals surface area contributed by atoms with E-state index >= 15 is 0 Å². The summed E-state index contributed by atoms with van der Waals surface area (Å²) in [5, 5.41) is 0.407. The first-order valence-electron chi connectivity index (χ1n) is 7.93. The molecule has 0 saturated heterocycles. The molecule has 0 spiro atoms. The molecule has 24 heavy (non-hydrogen) atoms. The zero-order valence-electron chi connectivity index (χ0n) is 13.6. The highest BCUT2D eigenvalue weighted by atomic mass is 16.5. The summed E-state index contributed by atoms with van der Waals surface area (Å²) in [6.45, 7) is 3.00. The number of Topliss-reactive ketones (excluding diaryl/α,β-unsaturated/α-hetero) is 1. The number of esters is 1. The van der Waals surface area contributed by atoms with Gasteiger partial charge in [-0.3, -0.25) is 9.59 Å². The van der Waals surface area contributed by atoms with Gasteiger partial charge in [-0.25, -0.2) is 4.79 Å². The average Bonchev–Trinajstić information content (AvgIpc) is 2.48. The molecule has 124 valence electrons. The number of carbonyl (C=O) groups excluding carboxylic acids is 2. The van der Waals surface area contributed by atoms with Gasteiger partial charge in [-0.15, -0.1) is 0 Å². The molecule has 2 aromatic rings. The Labute approximate surface area is 138 Å². The molecule has 3 rings (SSSR count). The van der Waals surface area contributed by atoms with E-state index in [1.807, 2.05) is 0 Å². The van der Waals surface area contributed by atoms with E-state index in [4.69, 9.17) is 9.15 Å². The zero-order chi connectivity index (χ0) is 17.3. The Hall–Kier alpha value is -2.69. The van der Waals surface area contributed by atoms with Gasteiger partial charge in [0.25, 0.3) is 0 Å². The van der Waals surface area contributed by atoms with E-state index in [0.29, 0.717) is 22.3 Å². The highest BCUT2D eigenvalue weighted by molar-refractivity contribution is 6.20. The van der Waals surface area contributed by atoms with E-state index in [1.54, 1.807) is 25.1 Å². The van der Waals surface area contributed by atoms with E-state index < -0.39 is 5.97 Å². The maximum Gasteiger partial charge on any atom is 0.342 e. The second-order valence-electron chi connectivity index (χ2n) is 6.02. The molecule has 1 aromatic heterocycles. The first-order valence-corrected chi connectivity index (χ1v) is 7.93. The van der Waals surface area contributed by atoms with Crippen LogP contribution in [0.1, 0.15) is 37.5 Å². The highest BCUT2D eigenvalue weighted by Gasteiger charge is 2.25. The predicted molar refractivity (Wildman–Crippen MR) is 89.6 cm³/mol. The van der Waals surface area contributed by atoms with Crippen LogP contribution in [0.4, 0.5) is 0 Å². The van der Waals surface area contributed by atoms with Crippen molar-refractivity contribution in [3.8, 4) is 0 Å². The SMILES string of the molecule is CC(=O)/C(=C/c1cccc2c(=O)cc(C)oc12)C(=O)OC1CCC1.